The van der Waals surface area contributed by atoms with Crippen molar-refractivity contribution in [3.8, 4) is 0 Å². The second kappa shape index (κ2) is 4.61. The van der Waals surface area contributed by atoms with Gasteiger partial charge in [-0.3, -0.25) is 9.48 Å². The number of amides is 1. The summed E-state index contributed by atoms with van der Waals surface area (Å²) in [6.07, 6.45) is 3.20. The van der Waals surface area contributed by atoms with E-state index in [2.05, 4.69) is 10.4 Å². The zero-order valence-corrected chi connectivity index (χ0v) is 11.4. The van der Waals surface area contributed by atoms with Crippen molar-refractivity contribution in [3.63, 3.8) is 0 Å². The first-order chi connectivity index (χ1) is 9.56. The minimum absolute atomic E-state index is 0.171. The van der Waals surface area contributed by atoms with Gasteiger partial charge in [0.25, 0.3) is 5.91 Å². The van der Waals surface area contributed by atoms with E-state index in [1.807, 2.05) is 0 Å². The lowest BCUT2D eigenvalue weighted by molar-refractivity contribution is 0.103. The van der Waals surface area contributed by atoms with Gasteiger partial charge in [0.2, 0.25) is 0 Å². The van der Waals surface area contributed by atoms with Crippen LogP contribution in [0.1, 0.15) is 9.67 Å². The average molecular weight is 290 g/mol. The molecule has 1 amide bonds. The lowest BCUT2D eigenvalue weighted by atomic mass is 10.2. The highest BCUT2D eigenvalue weighted by atomic mass is 32.1. The molecule has 0 radical (unpaired) electrons. The summed E-state index contributed by atoms with van der Waals surface area (Å²) in [6.45, 7) is 0. The molecular weight excluding hydrogens is 279 g/mol. The summed E-state index contributed by atoms with van der Waals surface area (Å²) < 4.78 is 16.0. The van der Waals surface area contributed by atoms with E-state index >= 15 is 0 Å². The van der Waals surface area contributed by atoms with Crippen LogP contribution in [0.2, 0.25) is 0 Å². The van der Waals surface area contributed by atoms with Crippen molar-refractivity contribution in [3.05, 3.63) is 41.3 Å². The highest BCUT2D eigenvalue weighted by molar-refractivity contribution is 7.21. The second-order valence-corrected chi connectivity index (χ2v) is 5.37. The Morgan fingerprint density at radius 3 is 2.95 bits per heavy atom. The number of benzene rings is 1. The third-order valence-electron chi connectivity index (χ3n) is 2.87. The van der Waals surface area contributed by atoms with Crippen molar-refractivity contribution in [2.75, 3.05) is 11.1 Å². The molecule has 3 N–H and O–H groups in total. The number of nitrogen functional groups attached to an aromatic ring is 1. The first kappa shape index (κ1) is 12.6. The van der Waals surface area contributed by atoms with E-state index < -0.39 is 5.82 Å². The number of nitrogens with two attached hydrogens (primary N) is 1. The molecule has 0 bridgehead atoms. The third-order valence-corrected chi connectivity index (χ3v) is 4.04. The van der Waals surface area contributed by atoms with Crippen LogP contribution in [0.5, 0.6) is 0 Å². The number of rotatable bonds is 2. The Morgan fingerprint density at radius 2 is 2.30 bits per heavy atom. The predicted molar refractivity (Wildman–Crippen MR) is 77.4 cm³/mol. The van der Waals surface area contributed by atoms with Crippen LogP contribution in [-0.4, -0.2) is 15.7 Å². The largest absolute Gasteiger partial charge is 0.397 e. The molecule has 5 nitrogen and oxygen atoms in total. The number of hydrogen-bond acceptors (Lipinski definition) is 4. The first-order valence-electron chi connectivity index (χ1n) is 5.83. The lowest BCUT2D eigenvalue weighted by Gasteiger charge is -2.00. The molecule has 0 spiro atoms. The smallest absolute Gasteiger partial charge is 0.267 e. The molecule has 0 saturated heterocycles. The molecule has 0 aliphatic rings. The maximum Gasteiger partial charge on any atom is 0.267 e. The number of halogens is 1. The third kappa shape index (κ3) is 2.01. The maximum atomic E-state index is 13.7. The highest BCUT2D eigenvalue weighted by Crippen LogP contribution is 2.35. The number of thiophene rings is 1. The van der Waals surface area contributed by atoms with Crippen molar-refractivity contribution < 1.29 is 9.18 Å². The summed E-state index contributed by atoms with van der Waals surface area (Å²) in [5.74, 6) is -0.784. The van der Waals surface area contributed by atoms with Gasteiger partial charge in [0.1, 0.15) is 10.7 Å². The molecular formula is C13H11FN4OS. The Balaban J connectivity index is 1.99. The SMILES string of the molecule is Cn1cc(NC(=O)c2sc3cccc(F)c3c2N)cn1. The molecule has 3 aromatic rings. The Bertz CT molecular complexity index is 808. The summed E-state index contributed by atoms with van der Waals surface area (Å²) in [4.78, 5) is 12.5. The number of aryl methyl sites for hydroxylation is 1. The number of nitrogens with one attached hydrogen (secondary N) is 1. The van der Waals surface area contributed by atoms with E-state index in [4.69, 9.17) is 5.73 Å². The molecule has 0 aliphatic carbocycles. The number of carbonyl (C=O) groups is 1. The number of carbonyl (C=O) groups excluding carboxylic acids is 1. The Hall–Kier alpha value is -2.41. The minimum Gasteiger partial charge on any atom is -0.397 e. The molecule has 20 heavy (non-hydrogen) atoms. The molecule has 2 heterocycles. The molecule has 0 unspecified atom stereocenters. The van der Waals surface area contributed by atoms with Gasteiger partial charge in [-0.1, -0.05) is 6.07 Å². The molecule has 0 atom stereocenters. The van der Waals surface area contributed by atoms with Gasteiger partial charge in [-0.25, -0.2) is 4.39 Å². The molecule has 7 heteroatoms. The van der Waals surface area contributed by atoms with Gasteiger partial charge in [-0.2, -0.15) is 5.10 Å². The fraction of sp³-hybridized carbons (Fsp3) is 0.0769. The second-order valence-electron chi connectivity index (χ2n) is 4.31. The van der Waals surface area contributed by atoms with Crippen LogP contribution in [-0.2, 0) is 7.05 Å². The summed E-state index contributed by atoms with van der Waals surface area (Å²) in [5, 5.41) is 6.94. The van der Waals surface area contributed by atoms with E-state index in [0.717, 1.165) is 0 Å². The van der Waals surface area contributed by atoms with Crippen molar-refractivity contribution in [2.45, 2.75) is 0 Å². The van der Waals surface area contributed by atoms with Crippen molar-refractivity contribution >= 4 is 38.7 Å². The summed E-state index contributed by atoms with van der Waals surface area (Å²) in [6, 6.07) is 4.66. The van der Waals surface area contributed by atoms with Gasteiger partial charge in [0, 0.05) is 17.9 Å². The molecule has 0 aliphatic heterocycles. The number of anilines is 2. The summed E-state index contributed by atoms with van der Waals surface area (Å²) in [7, 11) is 1.75. The number of nitrogens with zero attached hydrogens (tertiary/aromatic N) is 2. The number of fused-ring (bicyclic) bond motifs is 1. The zero-order valence-electron chi connectivity index (χ0n) is 10.6. The minimum atomic E-state index is -0.420. The molecule has 0 saturated carbocycles. The van der Waals surface area contributed by atoms with Crippen LogP contribution >= 0.6 is 11.3 Å². The fourth-order valence-corrected chi connectivity index (χ4v) is 3.00. The van der Waals surface area contributed by atoms with Crippen molar-refractivity contribution in [2.24, 2.45) is 7.05 Å². The van der Waals surface area contributed by atoms with E-state index in [1.54, 1.807) is 30.1 Å². The summed E-state index contributed by atoms with van der Waals surface area (Å²) in [5.41, 5.74) is 6.62. The lowest BCUT2D eigenvalue weighted by Crippen LogP contribution is -2.11. The molecule has 102 valence electrons. The van der Waals surface area contributed by atoms with Crippen molar-refractivity contribution in [1.29, 1.82) is 0 Å². The van der Waals surface area contributed by atoms with Crippen LogP contribution in [0.15, 0.2) is 30.6 Å². The first-order valence-corrected chi connectivity index (χ1v) is 6.64. The topological polar surface area (TPSA) is 72.9 Å². The predicted octanol–water partition coefficient (Wildman–Crippen LogP) is 2.61. The van der Waals surface area contributed by atoms with Gasteiger partial charge in [-0.05, 0) is 12.1 Å². The highest BCUT2D eigenvalue weighted by Gasteiger charge is 2.19. The van der Waals surface area contributed by atoms with Gasteiger partial charge in [0.15, 0.2) is 0 Å². The Labute approximate surface area is 117 Å². The Kier molecular flexibility index (Phi) is 2.90. The van der Waals surface area contributed by atoms with Gasteiger partial charge < -0.3 is 11.1 Å². The van der Waals surface area contributed by atoms with Gasteiger partial charge >= 0.3 is 0 Å². The normalized spacial score (nSPS) is 10.9. The monoisotopic (exact) mass is 290 g/mol. The van der Waals surface area contributed by atoms with E-state index in [-0.39, 0.29) is 11.6 Å². The van der Waals surface area contributed by atoms with Crippen LogP contribution in [0.4, 0.5) is 15.8 Å². The van der Waals surface area contributed by atoms with Gasteiger partial charge in [-0.15, -0.1) is 11.3 Å². The summed E-state index contributed by atoms with van der Waals surface area (Å²) >= 11 is 1.17. The number of hydrogen-bond donors (Lipinski definition) is 2. The van der Waals surface area contributed by atoms with E-state index in [9.17, 15) is 9.18 Å². The van der Waals surface area contributed by atoms with E-state index in [0.29, 0.717) is 20.7 Å². The van der Waals surface area contributed by atoms with Crippen LogP contribution in [0.25, 0.3) is 10.1 Å². The molecule has 3 rings (SSSR count). The fourth-order valence-electron chi connectivity index (χ4n) is 1.97. The average Bonchev–Trinajstić information content (AvgIpc) is 2.95. The quantitative estimate of drug-likeness (QED) is 0.762. The molecule has 1 aromatic carbocycles. The van der Waals surface area contributed by atoms with Crippen molar-refractivity contribution in [1.82, 2.24) is 9.78 Å². The number of aromatic nitrogens is 2. The molecule has 2 aromatic heterocycles. The Morgan fingerprint density at radius 1 is 1.50 bits per heavy atom. The van der Waals surface area contributed by atoms with E-state index in [1.165, 1.54) is 23.6 Å². The zero-order chi connectivity index (χ0) is 14.3. The van der Waals surface area contributed by atoms with Crippen LogP contribution in [0.3, 0.4) is 0 Å². The van der Waals surface area contributed by atoms with Crippen LogP contribution < -0.4 is 11.1 Å². The molecule has 0 fully saturated rings. The van der Waals surface area contributed by atoms with Gasteiger partial charge in [0.05, 0.1) is 23.0 Å². The maximum absolute atomic E-state index is 13.7. The van der Waals surface area contributed by atoms with Crippen LogP contribution in [0, 0.1) is 5.82 Å². The standard InChI is InChI=1S/C13H11FN4OS/c1-18-6-7(5-16-18)17-13(19)12-11(15)10-8(14)3-2-4-9(10)20-12/h2-6H,15H2,1H3,(H,17,19).